The topological polar surface area (TPSA) is 39.7 Å². The Kier molecular flexibility index (Phi) is 5.53. The Labute approximate surface area is 121 Å². The monoisotopic (exact) mass is 279 g/mol. The first kappa shape index (κ1) is 15.0. The molecule has 1 aromatic carbocycles. The number of methoxy groups -OCH3 is 2. The molecule has 1 fully saturated rings. The van der Waals surface area contributed by atoms with Crippen LogP contribution in [-0.4, -0.2) is 33.4 Å². The summed E-state index contributed by atoms with van der Waals surface area (Å²) < 4.78 is 16.7. The van der Waals surface area contributed by atoms with Crippen LogP contribution >= 0.6 is 0 Å². The van der Waals surface area contributed by atoms with Crippen molar-refractivity contribution >= 4 is 0 Å². The molecule has 0 saturated carbocycles. The number of ether oxygens (including phenoxy) is 3. The van der Waals surface area contributed by atoms with Crippen molar-refractivity contribution in [1.29, 1.82) is 0 Å². The van der Waals surface area contributed by atoms with E-state index in [0.29, 0.717) is 18.4 Å². The van der Waals surface area contributed by atoms with Gasteiger partial charge in [0.15, 0.2) is 11.5 Å². The van der Waals surface area contributed by atoms with E-state index in [1.54, 1.807) is 14.2 Å². The molecular weight excluding hydrogens is 254 g/mol. The van der Waals surface area contributed by atoms with Gasteiger partial charge in [0.25, 0.3) is 0 Å². The molecule has 4 nitrogen and oxygen atoms in total. The molecule has 1 saturated heterocycles. The molecule has 4 heteroatoms. The fourth-order valence-corrected chi connectivity index (χ4v) is 2.63. The summed E-state index contributed by atoms with van der Waals surface area (Å²) in [5, 5.41) is 3.53. The van der Waals surface area contributed by atoms with E-state index in [2.05, 4.69) is 5.32 Å². The molecule has 1 aliphatic rings. The predicted molar refractivity (Wildman–Crippen MR) is 80.0 cm³/mol. The molecule has 1 N–H and O–H groups in total. The summed E-state index contributed by atoms with van der Waals surface area (Å²) in [6.07, 6.45) is 4.86. The molecule has 1 atom stereocenters. The van der Waals surface area contributed by atoms with Gasteiger partial charge in [0.05, 0.1) is 20.8 Å². The second-order valence-corrected chi connectivity index (χ2v) is 5.28. The third kappa shape index (κ3) is 3.79. The van der Waals surface area contributed by atoms with Crippen LogP contribution in [0.5, 0.6) is 17.2 Å². The van der Waals surface area contributed by atoms with E-state index < -0.39 is 0 Å². The zero-order valence-corrected chi connectivity index (χ0v) is 12.7. The maximum Gasteiger partial charge on any atom is 0.203 e. The van der Waals surface area contributed by atoms with E-state index in [1.807, 2.05) is 19.1 Å². The lowest BCUT2D eigenvalue weighted by atomic mass is 10.0. The summed E-state index contributed by atoms with van der Waals surface area (Å²) in [6.45, 7) is 3.82. The smallest absolute Gasteiger partial charge is 0.203 e. The standard InChI is InChI=1S/C16H25NO3/c1-12-10-14(18-2)16(15(11-12)19-3)20-9-7-13-6-4-5-8-17-13/h10-11,13,17H,4-9H2,1-3H3. The third-order valence-corrected chi connectivity index (χ3v) is 3.73. The third-order valence-electron chi connectivity index (χ3n) is 3.73. The van der Waals surface area contributed by atoms with Gasteiger partial charge in [0.1, 0.15) is 0 Å². The number of hydrogen-bond donors (Lipinski definition) is 1. The molecule has 1 heterocycles. The number of nitrogens with one attached hydrogen (secondary N) is 1. The highest BCUT2D eigenvalue weighted by Crippen LogP contribution is 2.38. The van der Waals surface area contributed by atoms with Crippen LogP contribution in [0.1, 0.15) is 31.2 Å². The van der Waals surface area contributed by atoms with Gasteiger partial charge in [0.2, 0.25) is 5.75 Å². The lowest BCUT2D eigenvalue weighted by molar-refractivity contribution is 0.245. The SMILES string of the molecule is COc1cc(C)cc(OC)c1OCCC1CCCCN1. The minimum atomic E-state index is 0.575. The number of benzene rings is 1. The van der Waals surface area contributed by atoms with Gasteiger partial charge in [-0.1, -0.05) is 6.42 Å². The first-order chi connectivity index (χ1) is 9.74. The Hall–Kier alpha value is -1.42. The van der Waals surface area contributed by atoms with Crippen LogP contribution in [0.2, 0.25) is 0 Å². The average molecular weight is 279 g/mol. The molecule has 0 amide bonds. The molecule has 1 aliphatic heterocycles. The molecule has 0 bridgehead atoms. The lowest BCUT2D eigenvalue weighted by Gasteiger charge is -2.23. The van der Waals surface area contributed by atoms with Crippen molar-refractivity contribution in [3.63, 3.8) is 0 Å². The van der Waals surface area contributed by atoms with Gasteiger partial charge in [-0.05, 0) is 50.4 Å². The Morgan fingerprint density at radius 3 is 2.40 bits per heavy atom. The molecule has 0 aliphatic carbocycles. The van der Waals surface area contributed by atoms with E-state index in [1.165, 1.54) is 19.3 Å². The Morgan fingerprint density at radius 1 is 1.15 bits per heavy atom. The first-order valence-electron chi connectivity index (χ1n) is 7.33. The predicted octanol–water partition coefficient (Wildman–Crippen LogP) is 2.92. The summed E-state index contributed by atoms with van der Waals surface area (Å²) in [5.74, 6) is 2.17. The Morgan fingerprint density at radius 2 is 1.85 bits per heavy atom. The zero-order chi connectivity index (χ0) is 14.4. The normalized spacial score (nSPS) is 18.6. The largest absolute Gasteiger partial charge is 0.493 e. The van der Waals surface area contributed by atoms with Gasteiger partial charge in [-0.2, -0.15) is 0 Å². The fraction of sp³-hybridized carbons (Fsp3) is 0.625. The van der Waals surface area contributed by atoms with E-state index in [-0.39, 0.29) is 0 Å². The Balaban J connectivity index is 1.97. The van der Waals surface area contributed by atoms with Crippen molar-refractivity contribution in [2.45, 2.75) is 38.6 Å². The van der Waals surface area contributed by atoms with Crippen LogP contribution in [-0.2, 0) is 0 Å². The highest BCUT2D eigenvalue weighted by molar-refractivity contribution is 5.53. The number of aryl methyl sites for hydroxylation is 1. The maximum atomic E-state index is 5.92. The van der Waals surface area contributed by atoms with Gasteiger partial charge in [0, 0.05) is 6.04 Å². The minimum Gasteiger partial charge on any atom is -0.493 e. The van der Waals surface area contributed by atoms with E-state index in [0.717, 1.165) is 30.0 Å². The van der Waals surface area contributed by atoms with Crippen molar-refractivity contribution in [1.82, 2.24) is 5.32 Å². The average Bonchev–Trinajstić information content (AvgIpc) is 2.49. The minimum absolute atomic E-state index is 0.575. The van der Waals surface area contributed by atoms with Crippen LogP contribution in [0.3, 0.4) is 0 Å². The summed E-state index contributed by atoms with van der Waals surface area (Å²) in [4.78, 5) is 0. The fourth-order valence-electron chi connectivity index (χ4n) is 2.63. The van der Waals surface area contributed by atoms with E-state index >= 15 is 0 Å². The molecule has 20 heavy (non-hydrogen) atoms. The van der Waals surface area contributed by atoms with Crippen molar-refractivity contribution in [3.8, 4) is 17.2 Å². The van der Waals surface area contributed by atoms with Crippen LogP contribution < -0.4 is 19.5 Å². The number of piperidine rings is 1. The van der Waals surface area contributed by atoms with Crippen molar-refractivity contribution in [3.05, 3.63) is 17.7 Å². The van der Waals surface area contributed by atoms with Gasteiger partial charge < -0.3 is 19.5 Å². The first-order valence-corrected chi connectivity index (χ1v) is 7.33. The summed E-state index contributed by atoms with van der Waals surface area (Å²) >= 11 is 0. The quantitative estimate of drug-likeness (QED) is 0.869. The van der Waals surface area contributed by atoms with Crippen LogP contribution in [0.4, 0.5) is 0 Å². The van der Waals surface area contributed by atoms with Gasteiger partial charge in [-0.15, -0.1) is 0 Å². The summed E-state index contributed by atoms with van der Waals surface area (Å²) in [7, 11) is 3.31. The molecule has 0 radical (unpaired) electrons. The van der Waals surface area contributed by atoms with E-state index in [4.69, 9.17) is 14.2 Å². The molecule has 112 valence electrons. The Bertz CT molecular complexity index is 403. The molecule has 1 unspecified atom stereocenters. The zero-order valence-electron chi connectivity index (χ0n) is 12.7. The van der Waals surface area contributed by atoms with Crippen molar-refractivity contribution in [2.75, 3.05) is 27.4 Å². The van der Waals surface area contributed by atoms with Crippen molar-refractivity contribution < 1.29 is 14.2 Å². The maximum absolute atomic E-state index is 5.92. The second kappa shape index (κ2) is 7.39. The van der Waals surface area contributed by atoms with Crippen LogP contribution in [0.25, 0.3) is 0 Å². The molecular formula is C16H25NO3. The lowest BCUT2D eigenvalue weighted by Crippen LogP contribution is -2.35. The molecule has 0 aromatic heterocycles. The van der Waals surface area contributed by atoms with E-state index in [9.17, 15) is 0 Å². The van der Waals surface area contributed by atoms with Gasteiger partial charge >= 0.3 is 0 Å². The van der Waals surface area contributed by atoms with Crippen LogP contribution in [0.15, 0.2) is 12.1 Å². The van der Waals surface area contributed by atoms with Crippen molar-refractivity contribution in [2.24, 2.45) is 0 Å². The molecule has 2 rings (SSSR count). The van der Waals surface area contributed by atoms with Gasteiger partial charge in [-0.25, -0.2) is 0 Å². The summed E-state index contributed by atoms with van der Waals surface area (Å²) in [6, 6.07) is 4.51. The molecule has 1 aromatic rings. The number of hydrogen-bond acceptors (Lipinski definition) is 4. The highest BCUT2D eigenvalue weighted by atomic mass is 16.5. The number of rotatable bonds is 6. The highest BCUT2D eigenvalue weighted by Gasteiger charge is 2.15. The van der Waals surface area contributed by atoms with Crippen LogP contribution in [0, 0.1) is 6.92 Å². The van der Waals surface area contributed by atoms with Gasteiger partial charge in [-0.3, -0.25) is 0 Å². The summed E-state index contributed by atoms with van der Waals surface area (Å²) in [5.41, 5.74) is 1.10. The second-order valence-electron chi connectivity index (χ2n) is 5.28. The molecule has 0 spiro atoms.